The molecule has 5 heteroatoms. The third-order valence-corrected chi connectivity index (χ3v) is 10.7. The molecule has 0 saturated carbocycles. The molecule has 0 bridgehead atoms. The summed E-state index contributed by atoms with van der Waals surface area (Å²) >= 11 is 0. The van der Waals surface area contributed by atoms with Crippen LogP contribution < -0.4 is 0 Å². The van der Waals surface area contributed by atoms with E-state index in [4.69, 9.17) is 19.4 Å². The predicted octanol–water partition coefficient (Wildman–Crippen LogP) is 13.2. The first kappa shape index (κ1) is 31.9. The Morgan fingerprint density at radius 2 is 0.911 bits per heavy atom. The predicted molar refractivity (Wildman–Crippen MR) is 229 cm³/mol. The molecule has 0 amide bonds. The van der Waals surface area contributed by atoms with E-state index >= 15 is 0 Å². The van der Waals surface area contributed by atoms with Gasteiger partial charge in [-0.1, -0.05) is 152 Å². The highest BCUT2D eigenvalue weighted by atomic mass is 16.3. The second kappa shape index (κ2) is 13.0. The third-order valence-electron chi connectivity index (χ3n) is 10.7. The minimum atomic E-state index is 0.557. The van der Waals surface area contributed by atoms with Crippen molar-refractivity contribution in [3.63, 3.8) is 0 Å². The molecule has 0 radical (unpaired) electrons. The second-order valence-corrected chi connectivity index (χ2v) is 14.0. The van der Waals surface area contributed by atoms with Gasteiger partial charge >= 0.3 is 0 Å². The van der Waals surface area contributed by atoms with Crippen LogP contribution >= 0.6 is 0 Å². The summed E-state index contributed by atoms with van der Waals surface area (Å²) in [6, 6.07) is 67.4. The fraction of sp³-hybridized carbons (Fsp3) is 0. The van der Waals surface area contributed by atoms with Crippen molar-refractivity contribution in [1.29, 1.82) is 0 Å². The van der Waals surface area contributed by atoms with Crippen LogP contribution in [0, 0.1) is 0 Å². The number of para-hydroxylation sites is 4. The van der Waals surface area contributed by atoms with Crippen LogP contribution in [0.25, 0.3) is 106 Å². The molecule has 262 valence electrons. The second-order valence-electron chi connectivity index (χ2n) is 14.0. The molecule has 3 aromatic heterocycles. The monoisotopic (exact) mass is 716 g/mol. The van der Waals surface area contributed by atoms with Crippen LogP contribution in [0.2, 0.25) is 0 Å². The summed E-state index contributed by atoms with van der Waals surface area (Å²) in [6.07, 6.45) is 0. The first-order chi connectivity index (χ1) is 27.8. The van der Waals surface area contributed by atoms with Gasteiger partial charge in [-0.15, -0.1) is 0 Å². The molecule has 56 heavy (non-hydrogen) atoms. The van der Waals surface area contributed by atoms with E-state index in [1.807, 2.05) is 42.5 Å². The lowest BCUT2D eigenvalue weighted by atomic mass is 9.99. The molecule has 0 saturated heterocycles. The first-order valence-electron chi connectivity index (χ1n) is 18.8. The van der Waals surface area contributed by atoms with Gasteiger partial charge in [0, 0.05) is 38.4 Å². The minimum absolute atomic E-state index is 0.557. The zero-order valence-electron chi connectivity index (χ0n) is 30.2. The van der Waals surface area contributed by atoms with Gasteiger partial charge < -0.3 is 8.98 Å². The number of benzene rings is 8. The van der Waals surface area contributed by atoms with Gasteiger partial charge in [0.15, 0.2) is 17.5 Å². The molecule has 0 N–H and O–H groups in total. The third kappa shape index (κ3) is 5.29. The normalized spacial score (nSPS) is 11.6. The minimum Gasteiger partial charge on any atom is -0.455 e. The van der Waals surface area contributed by atoms with E-state index in [2.05, 4.69) is 156 Å². The summed E-state index contributed by atoms with van der Waals surface area (Å²) in [5, 5.41) is 4.53. The Morgan fingerprint density at radius 1 is 0.339 bits per heavy atom. The molecular formula is C51H32N4O. The molecule has 8 aromatic carbocycles. The Balaban J connectivity index is 1.05. The van der Waals surface area contributed by atoms with Crippen molar-refractivity contribution < 1.29 is 4.42 Å². The summed E-state index contributed by atoms with van der Waals surface area (Å²) in [6.45, 7) is 0. The molecule has 0 unspecified atom stereocenters. The molecule has 0 aliphatic rings. The van der Waals surface area contributed by atoms with Crippen LogP contribution in [0.15, 0.2) is 199 Å². The van der Waals surface area contributed by atoms with Gasteiger partial charge in [0.05, 0.1) is 16.6 Å². The smallest absolute Gasteiger partial charge is 0.167 e. The van der Waals surface area contributed by atoms with Crippen LogP contribution in [0.4, 0.5) is 0 Å². The van der Waals surface area contributed by atoms with Gasteiger partial charge in [0.1, 0.15) is 11.2 Å². The maximum atomic E-state index is 6.47. The Labute approximate surface area is 322 Å². The highest BCUT2D eigenvalue weighted by Crippen LogP contribution is 2.38. The first-order valence-corrected chi connectivity index (χ1v) is 18.8. The van der Waals surface area contributed by atoms with E-state index in [0.717, 1.165) is 66.6 Å². The van der Waals surface area contributed by atoms with Crippen molar-refractivity contribution in [1.82, 2.24) is 19.5 Å². The maximum absolute atomic E-state index is 6.47. The van der Waals surface area contributed by atoms with E-state index < -0.39 is 0 Å². The zero-order valence-corrected chi connectivity index (χ0v) is 30.2. The van der Waals surface area contributed by atoms with Crippen molar-refractivity contribution in [2.45, 2.75) is 0 Å². The van der Waals surface area contributed by atoms with Crippen molar-refractivity contribution >= 4 is 43.7 Å². The van der Waals surface area contributed by atoms with Gasteiger partial charge in [0.2, 0.25) is 0 Å². The number of hydrogen-bond acceptors (Lipinski definition) is 4. The Hall–Kier alpha value is -7.63. The van der Waals surface area contributed by atoms with Gasteiger partial charge in [-0.05, 0) is 64.7 Å². The fourth-order valence-electron chi connectivity index (χ4n) is 8.04. The van der Waals surface area contributed by atoms with Crippen LogP contribution in [0.3, 0.4) is 0 Å². The van der Waals surface area contributed by atoms with Crippen molar-refractivity contribution in [3.05, 3.63) is 194 Å². The quantitative estimate of drug-likeness (QED) is 0.172. The number of hydrogen-bond donors (Lipinski definition) is 0. The number of furan rings is 1. The SMILES string of the molecule is c1ccc(-c2ccccc2-c2nc(-c3ccc(-c4ccc5c(c4)c4ccccc4n5-c4ccccc4)cc3)nc(-c3cccc4c3oc3ccccc34)n2)cc1. The van der Waals surface area contributed by atoms with Crippen molar-refractivity contribution in [3.8, 4) is 62.1 Å². The van der Waals surface area contributed by atoms with Crippen LogP contribution in [-0.4, -0.2) is 19.5 Å². The Kier molecular flexibility index (Phi) is 7.42. The molecule has 11 rings (SSSR count). The lowest BCUT2D eigenvalue weighted by Crippen LogP contribution is -2.01. The summed E-state index contributed by atoms with van der Waals surface area (Å²) in [4.78, 5) is 15.5. The lowest BCUT2D eigenvalue weighted by Gasteiger charge is -2.12. The van der Waals surface area contributed by atoms with E-state index in [1.165, 1.54) is 21.8 Å². The average molecular weight is 717 g/mol. The summed E-state index contributed by atoms with van der Waals surface area (Å²) in [5.74, 6) is 1.75. The molecule has 0 fully saturated rings. The molecule has 0 atom stereocenters. The maximum Gasteiger partial charge on any atom is 0.167 e. The van der Waals surface area contributed by atoms with E-state index in [9.17, 15) is 0 Å². The Morgan fingerprint density at radius 3 is 1.73 bits per heavy atom. The summed E-state index contributed by atoms with van der Waals surface area (Å²) in [5.41, 5.74) is 12.2. The number of rotatable bonds is 6. The van der Waals surface area contributed by atoms with Crippen LogP contribution in [-0.2, 0) is 0 Å². The molecule has 0 spiro atoms. The molecule has 0 aliphatic heterocycles. The van der Waals surface area contributed by atoms with Crippen molar-refractivity contribution in [2.24, 2.45) is 0 Å². The molecule has 3 heterocycles. The number of fused-ring (bicyclic) bond motifs is 6. The van der Waals surface area contributed by atoms with Crippen molar-refractivity contribution in [2.75, 3.05) is 0 Å². The zero-order chi connectivity index (χ0) is 37.0. The summed E-state index contributed by atoms with van der Waals surface area (Å²) in [7, 11) is 0. The highest BCUT2D eigenvalue weighted by Gasteiger charge is 2.20. The van der Waals surface area contributed by atoms with E-state index in [-0.39, 0.29) is 0 Å². The van der Waals surface area contributed by atoms with Gasteiger partial charge in [0.25, 0.3) is 0 Å². The Bertz CT molecular complexity index is 3240. The lowest BCUT2D eigenvalue weighted by molar-refractivity contribution is 0.669. The molecular weight excluding hydrogens is 685 g/mol. The molecule has 5 nitrogen and oxygen atoms in total. The van der Waals surface area contributed by atoms with E-state index in [0.29, 0.717) is 17.5 Å². The standard InChI is InChI=1S/C51H32N4O/c1-3-14-34(15-4-1)38-18-7-8-21-42(38)50-52-49(53-51(54-50)43-23-13-22-41-40-20-10-12-25-47(40)56-48(41)43)35-28-26-33(27-29-35)36-30-31-46-44(32-36)39-19-9-11-24-45(39)55(46)37-16-5-2-6-17-37/h1-32H. The molecule has 11 aromatic rings. The highest BCUT2D eigenvalue weighted by molar-refractivity contribution is 6.11. The van der Waals surface area contributed by atoms with Crippen LogP contribution in [0.5, 0.6) is 0 Å². The largest absolute Gasteiger partial charge is 0.455 e. The average Bonchev–Trinajstić information content (AvgIpc) is 3.83. The van der Waals surface area contributed by atoms with Gasteiger partial charge in [-0.3, -0.25) is 0 Å². The van der Waals surface area contributed by atoms with E-state index in [1.54, 1.807) is 0 Å². The van der Waals surface area contributed by atoms with Gasteiger partial charge in [-0.2, -0.15) is 0 Å². The van der Waals surface area contributed by atoms with Gasteiger partial charge in [-0.25, -0.2) is 15.0 Å². The fourth-order valence-corrected chi connectivity index (χ4v) is 8.04. The topological polar surface area (TPSA) is 56.7 Å². The number of aromatic nitrogens is 4. The van der Waals surface area contributed by atoms with Crippen LogP contribution in [0.1, 0.15) is 0 Å². The summed E-state index contributed by atoms with van der Waals surface area (Å²) < 4.78 is 8.81. The number of nitrogens with zero attached hydrogens (tertiary/aromatic N) is 4. The molecule has 0 aliphatic carbocycles.